The third kappa shape index (κ3) is 3.36. The number of anilines is 1. The monoisotopic (exact) mass is 294 g/mol. The van der Waals surface area contributed by atoms with E-state index >= 15 is 0 Å². The molecule has 7 heteroatoms. The van der Waals surface area contributed by atoms with Crippen LogP contribution >= 0.6 is 11.3 Å². The molecule has 1 N–H and O–H groups in total. The van der Waals surface area contributed by atoms with Gasteiger partial charge in [-0.15, -0.1) is 10.2 Å². The maximum Gasteiger partial charge on any atom is 0.324 e. The van der Waals surface area contributed by atoms with Crippen LogP contribution in [0.25, 0.3) is 0 Å². The molecule has 0 aliphatic rings. The van der Waals surface area contributed by atoms with E-state index in [1.54, 1.807) is 24.3 Å². The molecule has 108 valence electrons. The Balaban J connectivity index is 1.96. The van der Waals surface area contributed by atoms with Gasteiger partial charge in [-0.3, -0.25) is 5.32 Å². The second kappa shape index (κ2) is 6.51. The number of nitrogens with zero attached hydrogens (tertiary/aromatic N) is 3. The van der Waals surface area contributed by atoms with Crippen LogP contribution in [0.4, 0.5) is 9.93 Å². The highest BCUT2D eigenvalue weighted by atomic mass is 32.1. The first-order chi connectivity index (χ1) is 9.61. The molecule has 0 fully saturated rings. The molecule has 2 aromatic rings. The maximum absolute atomic E-state index is 12.1. The van der Waals surface area contributed by atoms with Crippen molar-refractivity contribution in [1.82, 2.24) is 15.1 Å². The number of hydrogen-bond acceptors (Lipinski definition) is 5. The summed E-state index contributed by atoms with van der Waals surface area (Å²) in [5.74, 6) is 0.742. The minimum absolute atomic E-state index is 0.145. The lowest BCUT2D eigenvalue weighted by atomic mass is 10.2. The summed E-state index contributed by atoms with van der Waals surface area (Å²) < 4.78 is 5.31. The highest BCUT2D eigenvalue weighted by Gasteiger charge is 2.20. The van der Waals surface area contributed by atoms with Crippen LogP contribution in [0.1, 0.15) is 37.1 Å². The minimum Gasteiger partial charge on any atom is -0.467 e. The van der Waals surface area contributed by atoms with Gasteiger partial charge in [0.2, 0.25) is 5.13 Å². The zero-order valence-corrected chi connectivity index (χ0v) is 12.6. The van der Waals surface area contributed by atoms with E-state index in [2.05, 4.69) is 22.4 Å². The van der Waals surface area contributed by atoms with Crippen molar-refractivity contribution in [3.05, 3.63) is 29.2 Å². The van der Waals surface area contributed by atoms with E-state index in [1.807, 2.05) is 13.0 Å². The number of amides is 2. The van der Waals surface area contributed by atoms with Gasteiger partial charge in [-0.05, 0) is 25.5 Å². The lowest BCUT2D eigenvalue weighted by Crippen LogP contribution is -2.33. The number of nitrogens with one attached hydrogen (secondary N) is 1. The van der Waals surface area contributed by atoms with Crippen LogP contribution in [0.2, 0.25) is 0 Å². The minimum atomic E-state index is -0.229. The van der Waals surface area contributed by atoms with Crippen molar-refractivity contribution in [2.24, 2.45) is 0 Å². The van der Waals surface area contributed by atoms with Gasteiger partial charge in [0.15, 0.2) is 0 Å². The Kier molecular flexibility index (Phi) is 4.73. The molecule has 0 spiro atoms. The van der Waals surface area contributed by atoms with Crippen LogP contribution in [0, 0.1) is 0 Å². The normalized spacial score (nSPS) is 12.2. The number of urea groups is 1. The zero-order chi connectivity index (χ0) is 14.5. The van der Waals surface area contributed by atoms with Crippen LogP contribution in [-0.2, 0) is 6.42 Å². The van der Waals surface area contributed by atoms with Gasteiger partial charge in [0, 0.05) is 13.5 Å². The molecule has 6 nitrogen and oxygen atoms in total. The average molecular weight is 294 g/mol. The largest absolute Gasteiger partial charge is 0.467 e. The molecular weight excluding hydrogens is 276 g/mol. The zero-order valence-electron chi connectivity index (χ0n) is 11.8. The van der Waals surface area contributed by atoms with E-state index in [1.165, 1.54) is 11.3 Å². The third-order valence-electron chi connectivity index (χ3n) is 3.00. The van der Waals surface area contributed by atoms with Gasteiger partial charge in [0.05, 0.1) is 12.3 Å². The Bertz CT molecular complexity index is 552. The summed E-state index contributed by atoms with van der Waals surface area (Å²) in [5.41, 5.74) is 0. The van der Waals surface area contributed by atoms with E-state index in [0.717, 1.165) is 23.6 Å². The van der Waals surface area contributed by atoms with Gasteiger partial charge in [0.25, 0.3) is 0 Å². The molecule has 0 aliphatic heterocycles. The number of rotatable bonds is 5. The van der Waals surface area contributed by atoms with Crippen LogP contribution in [0.5, 0.6) is 0 Å². The van der Waals surface area contributed by atoms with Crippen molar-refractivity contribution >= 4 is 22.5 Å². The Morgan fingerprint density at radius 1 is 1.55 bits per heavy atom. The lowest BCUT2D eigenvalue weighted by Gasteiger charge is -2.22. The van der Waals surface area contributed by atoms with E-state index in [0.29, 0.717) is 5.13 Å². The number of aryl methyl sites for hydroxylation is 1. The number of carbonyl (C=O) groups is 1. The molecule has 2 amide bonds. The highest BCUT2D eigenvalue weighted by molar-refractivity contribution is 7.15. The summed E-state index contributed by atoms with van der Waals surface area (Å²) in [5, 5.41) is 12.2. The van der Waals surface area contributed by atoms with Gasteiger partial charge >= 0.3 is 6.03 Å². The number of furan rings is 1. The molecule has 2 aromatic heterocycles. The van der Waals surface area contributed by atoms with Gasteiger partial charge in [-0.2, -0.15) is 0 Å². The van der Waals surface area contributed by atoms with Crippen molar-refractivity contribution in [1.29, 1.82) is 0 Å². The number of aromatic nitrogens is 2. The molecule has 2 rings (SSSR count). The van der Waals surface area contributed by atoms with E-state index in [9.17, 15) is 4.79 Å². The van der Waals surface area contributed by atoms with Crippen molar-refractivity contribution in [3.63, 3.8) is 0 Å². The Hall–Kier alpha value is -1.89. The molecule has 1 atom stereocenters. The predicted octanol–water partition coefficient (Wildman–Crippen LogP) is 3.31. The van der Waals surface area contributed by atoms with Crippen LogP contribution in [0.3, 0.4) is 0 Å². The fourth-order valence-electron chi connectivity index (χ4n) is 1.69. The Morgan fingerprint density at radius 3 is 3.00 bits per heavy atom. The fourth-order valence-corrected chi connectivity index (χ4v) is 2.53. The molecular formula is C13H18N4O2S. The van der Waals surface area contributed by atoms with Crippen molar-refractivity contribution in [3.8, 4) is 0 Å². The molecule has 0 aromatic carbocycles. The second-order valence-corrected chi connectivity index (χ2v) is 5.55. The average Bonchev–Trinajstić information content (AvgIpc) is 3.09. The Morgan fingerprint density at radius 2 is 2.35 bits per heavy atom. The van der Waals surface area contributed by atoms with Crippen molar-refractivity contribution in [2.45, 2.75) is 32.7 Å². The Labute approximate surface area is 121 Å². The van der Waals surface area contributed by atoms with E-state index in [-0.39, 0.29) is 12.1 Å². The molecule has 2 heterocycles. The molecule has 1 unspecified atom stereocenters. The standard InChI is InChI=1S/C13H18N4O2S/c1-4-6-11-15-16-12(20-11)14-13(18)17(3)9(2)10-7-5-8-19-10/h5,7-9H,4,6H2,1-3H3,(H,14,16,18). The van der Waals surface area contributed by atoms with Crippen LogP contribution in [0.15, 0.2) is 22.8 Å². The summed E-state index contributed by atoms with van der Waals surface area (Å²) in [6, 6.07) is 3.28. The smallest absolute Gasteiger partial charge is 0.324 e. The van der Waals surface area contributed by atoms with Gasteiger partial charge in [0.1, 0.15) is 10.8 Å². The van der Waals surface area contributed by atoms with Gasteiger partial charge in [-0.25, -0.2) is 4.79 Å². The first kappa shape index (κ1) is 14.5. The molecule has 0 radical (unpaired) electrons. The summed E-state index contributed by atoms with van der Waals surface area (Å²) in [4.78, 5) is 13.7. The molecule has 0 saturated heterocycles. The van der Waals surface area contributed by atoms with Crippen molar-refractivity contribution < 1.29 is 9.21 Å². The van der Waals surface area contributed by atoms with Crippen LogP contribution < -0.4 is 5.32 Å². The summed E-state index contributed by atoms with van der Waals surface area (Å²) in [7, 11) is 1.72. The molecule has 0 bridgehead atoms. The first-order valence-corrected chi connectivity index (χ1v) is 7.33. The van der Waals surface area contributed by atoms with Gasteiger partial charge in [-0.1, -0.05) is 18.3 Å². The van der Waals surface area contributed by atoms with Crippen LogP contribution in [-0.4, -0.2) is 28.2 Å². The number of carbonyl (C=O) groups excluding carboxylic acids is 1. The quantitative estimate of drug-likeness (QED) is 0.918. The van der Waals surface area contributed by atoms with Gasteiger partial charge < -0.3 is 9.32 Å². The molecule has 0 aliphatic carbocycles. The SMILES string of the molecule is CCCc1nnc(NC(=O)N(C)C(C)c2ccco2)s1. The van der Waals surface area contributed by atoms with E-state index < -0.39 is 0 Å². The predicted molar refractivity (Wildman–Crippen MR) is 77.8 cm³/mol. The number of hydrogen-bond donors (Lipinski definition) is 1. The molecule has 20 heavy (non-hydrogen) atoms. The summed E-state index contributed by atoms with van der Waals surface area (Å²) >= 11 is 1.41. The fraction of sp³-hybridized carbons (Fsp3) is 0.462. The van der Waals surface area contributed by atoms with E-state index in [4.69, 9.17) is 4.42 Å². The first-order valence-electron chi connectivity index (χ1n) is 6.51. The maximum atomic E-state index is 12.1. The highest BCUT2D eigenvalue weighted by Crippen LogP contribution is 2.21. The molecule has 0 saturated carbocycles. The second-order valence-electron chi connectivity index (χ2n) is 4.48. The summed E-state index contributed by atoms with van der Waals surface area (Å²) in [6.07, 6.45) is 3.49. The topological polar surface area (TPSA) is 71.3 Å². The summed E-state index contributed by atoms with van der Waals surface area (Å²) in [6.45, 7) is 3.99. The third-order valence-corrected chi connectivity index (χ3v) is 3.90. The lowest BCUT2D eigenvalue weighted by molar-refractivity contribution is 0.201. The van der Waals surface area contributed by atoms with Crippen molar-refractivity contribution in [2.75, 3.05) is 12.4 Å².